The van der Waals surface area contributed by atoms with E-state index < -0.39 is 17.7 Å². The summed E-state index contributed by atoms with van der Waals surface area (Å²) in [5.74, 6) is -1.93. The van der Waals surface area contributed by atoms with Crippen molar-refractivity contribution in [2.75, 3.05) is 6.61 Å². The fraction of sp³-hybridized carbons (Fsp3) is 0.538. The summed E-state index contributed by atoms with van der Waals surface area (Å²) in [7, 11) is 0. The Labute approximate surface area is 99.2 Å². The number of aliphatic hydroxyl groups is 1. The molecule has 17 heavy (non-hydrogen) atoms. The molecule has 0 heterocycles. The molecule has 1 aromatic rings. The molecule has 1 saturated carbocycles. The molecule has 4 heteroatoms. The van der Waals surface area contributed by atoms with Gasteiger partial charge in [0.1, 0.15) is 6.10 Å². The van der Waals surface area contributed by atoms with Crippen LogP contribution in [0.1, 0.15) is 37.4 Å². The normalized spacial score (nSPS) is 18.5. The predicted octanol–water partition coefficient (Wildman–Crippen LogP) is 2.96. The maximum atomic E-state index is 13.4. The summed E-state index contributed by atoms with van der Waals surface area (Å²) in [6.07, 6.45) is 3.29. The average Bonchev–Trinajstić information content (AvgIpc) is 2.82. The van der Waals surface area contributed by atoms with Crippen molar-refractivity contribution in [3.63, 3.8) is 0 Å². The standard InChI is InChI=1S/C13H16F2O2/c14-11-7-3-6-10(13(11)15)12(16)8-17-9-4-1-2-5-9/h3,6-7,9,12,16H,1-2,4-5,8H2. The first-order chi connectivity index (χ1) is 8.18. The minimum absolute atomic E-state index is 0.0189. The molecule has 0 aliphatic heterocycles. The lowest BCUT2D eigenvalue weighted by Gasteiger charge is -2.16. The molecule has 0 radical (unpaired) electrons. The highest BCUT2D eigenvalue weighted by Gasteiger charge is 2.20. The molecule has 1 N–H and O–H groups in total. The zero-order valence-corrected chi connectivity index (χ0v) is 9.53. The van der Waals surface area contributed by atoms with Gasteiger partial charge in [0.25, 0.3) is 0 Å². The molecular formula is C13H16F2O2. The molecule has 1 aliphatic rings. The number of halogens is 2. The maximum absolute atomic E-state index is 13.4. The van der Waals surface area contributed by atoms with Crippen LogP contribution in [0.3, 0.4) is 0 Å². The Morgan fingerprint density at radius 1 is 1.29 bits per heavy atom. The molecule has 1 unspecified atom stereocenters. The van der Waals surface area contributed by atoms with Crippen LogP contribution in [0.4, 0.5) is 8.78 Å². The average molecular weight is 242 g/mol. The van der Waals surface area contributed by atoms with E-state index in [0.29, 0.717) is 0 Å². The van der Waals surface area contributed by atoms with Crippen LogP contribution >= 0.6 is 0 Å². The van der Waals surface area contributed by atoms with Gasteiger partial charge in [-0.1, -0.05) is 25.0 Å². The summed E-state index contributed by atoms with van der Waals surface area (Å²) in [5, 5.41) is 9.75. The number of benzene rings is 1. The van der Waals surface area contributed by atoms with Crippen LogP contribution in [-0.4, -0.2) is 17.8 Å². The number of hydrogen-bond donors (Lipinski definition) is 1. The van der Waals surface area contributed by atoms with Gasteiger partial charge in [-0.3, -0.25) is 0 Å². The first kappa shape index (κ1) is 12.5. The molecule has 0 aromatic heterocycles. The molecule has 2 nitrogen and oxygen atoms in total. The van der Waals surface area contributed by atoms with Crippen molar-refractivity contribution in [1.29, 1.82) is 0 Å². The van der Waals surface area contributed by atoms with E-state index in [-0.39, 0.29) is 18.3 Å². The highest BCUT2D eigenvalue weighted by molar-refractivity contribution is 5.21. The number of hydrogen-bond acceptors (Lipinski definition) is 2. The summed E-state index contributed by atoms with van der Waals surface area (Å²) >= 11 is 0. The third kappa shape index (κ3) is 3.01. The van der Waals surface area contributed by atoms with Gasteiger partial charge in [-0.25, -0.2) is 8.78 Å². The van der Waals surface area contributed by atoms with Crippen LogP contribution in [0.15, 0.2) is 18.2 Å². The van der Waals surface area contributed by atoms with E-state index >= 15 is 0 Å². The third-order valence-corrected chi connectivity index (χ3v) is 3.13. The molecule has 1 aromatic carbocycles. The van der Waals surface area contributed by atoms with Gasteiger partial charge < -0.3 is 9.84 Å². The van der Waals surface area contributed by atoms with Crippen molar-refractivity contribution in [2.45, 2.75) is 37.9 Å². The van der Waals surface area contributed by atoms with E-state index in [0.717, 1.165) is 31.7 Å². The Hall–Kier alpha value is -1.00. The summed E-state index contributed by atoms with van der Waals surface area (Å²) in [6, 6.07) is 3.79. The second-order valence-corrected chi connectivity index (χ2v) is 4.40. The van der Waals surface area contributed by atoms with Crippen molar-refractivity contribution < 1.29 is 18.6 Å². The highest BCUT2D eigenvalue weighted by Crippen LogP contribution is 2.24. The van der Waals surface area contributed by atoms with Crippen LogP contribution in [0.25, 0.3) is 0 Å². The second-order valence-electron chi connectivity index (χ2n) is 4.40. The van der Waals surface area contributed by atoms with E-state index in [2.05, 4.69) is 0 Å². The largest absolute Gasteiger partial charge is 0.386 e. The summed E-state index contributed by atoms with van der Waals surface area (Å²) in [6.45, 7) is 0.0189. The maximum Gasteiger partial charge on any atom is 0.164 e. The van der Waals surface area contributed by atoms with Crippen LogP contribution in [0.5, 0.6) is 0 Å². The molecule has 1 atom stereocenters. The molecule has 1 aliphatic carbocycles. The molecule has 94 valence electrons. The van der Waals surface area contributed by atoms with Gasteiger partial charge in [-0.2, -0.15) is 0 Å². The zero-order valence-electron chi connectivity index (χ0n) is 9.53. The van der Waals surface area contributed by atoms with Crippen LogP contribution in [-0.2, 0) is 4.74 Å². The Bertz CT molecular complexity index is 376. The molecular weight excluding hydrogens is 226 g/mol. The quantitative estimate of drug-likeness (QED) is 0.879. The number of rotatable bonds is 4. The monoisotopic (exact) mass is 242 g/mol. The van der Waals surface area contributed by atoms with Gasteiger partial charge in [0.05, 0.1) is 12.7 Å². The van der Waals surface area contributed by atoms with Gasteiger partial charge >= 0.3 is 0 Å². The highest BCUT2D eigenvalue weighted by atomic mass is 19.2. The van der Waals surface area contributed by atoms with Gasteiger partial charge in [-0.05, 0) is 18.9 Å². The fourth-order valence-electron chi connectivity index (χ4n) is 2.15. The molecule has 0 bridgehead atoms. The Morgan fingerprint density at radius 3 is 2.71 bits per heavy atom. The topological polar surface area (TPSA) is 29.5 Å². The van der Waals surface area contributed by atoms with Gasteiger partial charge in [0.15, 0.2) is 11.6 Å². The zero-order chi connectivity index (χ0) is 12.3. The first-order valence-corrected chi connectivity index (χ1v) is 5.92. The third-order valence-electron chi connectivity index (χ3n) is 3.13. The first-order valence-electron chi connectivity index (χ1n) is 5.92. The van der Waals surface area contributed by atoms with E-state index in [1.165, 1.54) is 12.1 Å². The van der Waals surface area contributed by atoms with Crippen LogP contribution in [0.2, 0.25) is 0 Å². The van der Waals surface area contributed by atoms with E-state index in [1.807, 2.05) is 0 Å². The van der Waals surface area contributed by atoms with Gasteiger partial charge in [0.2, 0.25) is 0 Å². The summed E-state index contributed by atoms with van der Waals surface area (Å²) in [4.78, 5) is 0. The van der Waals surface area contributed by atoms with E-state index in [1.54, 1.807) is 0 Å². The molecule has 0 amide bonds. The van der Waals surface area contributed by atoms with Crippen molar-refractivity contribution >= 4 is 0 Å². The van der Waals surface area contributed by atoms with Crippen molar-refractivity contribution in [3.8, 4) is 0 Å². The van der Waals surface area contributed by atoms with Crippen molar-refractivity contribution in [2.24, 2.45) is 0 Å². The Kier molecular flexibility index (Phi) is 4.07. The van der Waals surface area contributed by atoms with Crippen molar-refractivity contribution in [3.05, 3.63) is 35.4 Å². The van der Waals surface area contributed by atoms with Gasteiger partial charge in [0, 0.05) is 5.56 Å². The minimum atomic E-state index is -1.11. The number of ether oxygens (including phenoxy) is 1. The SMILES string of the molecule is OC(COC1CCCC1)c1cccc(F)c1F. The second kappa shape index (κ2) is 5.56. The van der Waals surface area contributed by atoms with Crippen LogP contribution < -0.4 is 0 Å². The minimum Gasteiger partial charge on any atom is -0.386 e. The molecule has 0 spiro atoms. The smallest absolute Gasteiger partial charge is 0.164 e. The molecule has 2 rings (SSSR count). The Morgan fingerprint density at radius 2 is 2.00 bits per heavy atom. The Balaban J connectivity index is 1.94. The van der Waals surface area contributed by atoms with Gasteiger partial charge in [-0.15, -0.1) is 0 Å². The lowest BCUT2D eigenvalue weighted by atomic mass is 10.1. The molecule has 0 saturated heterocycles. The summed E-state index contributed by atoms with van der Waals surface area (Å²) < 4.78 is 31.8. The fourth-order valence-corrected chi connectivity index (χ4v) is 2.15. The number of aliphatic hydroxyl groups excluding tert-OH is 1. The predicted molar refractivity (Wildman–Crippen MR) is 59.5 cm³/mol. The lowest BCUT2D eigenvalue weighted by Crippen LogP contribution is -2.15. The summed E-state index contributed by atoms with van der Waals surface area (Å²) in [5.41, 5.74) is -0.0389. The molecule has 1 fully saturated rings. The lowest BCUT2D eigenvalue weighted by molar-refractivity contribution is -0.00835. The van der Waals surface area contributed by atoms with E-state index in [9.17, 15) is 13.9 Å². The van der Waals surface area contributed by atoms with E-state index in [4.69, 9.17) is 4.74 Å². The van der Waals surface area contributed by atoms with Crippen LogP contribution in [0, 0.1) is 11.6 Å². The van der Waals surface area contributed by atoms with Crippen molar-refractivity contribution in [1.82, 2.24) is 0 Å².